The van der Waals surface area contributed by atoms with Crippen molar-refractivity contribution in [1.82, 2.24) is 15.1 Å². The van der Waals surface area contributed by atoms with Gasteiger partial charge in [-0.25, -0.2) is 4.79 Å². The van der Waals surface area contributed by atoms with Gasteiger partial charge in [0.05, 0.1) is 6.04 Å². The molecule has 2 fully saturated rings. The van der Waals surface area contributed by atoms with Crippen LogP contribution >= 0.6 is 11.6 Å². The second-order valence-corrected chi connectivity index (χ2v) is 7.78. The van der Waals surface area contributed by atoms with E-state index in [1.807, 2.05) is 19.1 Å². The summed E-state index contributed by atoms with van der Waals surface area (Å²) in [6, 6.07) is 6.97. The van der Waals surface area contributed by atoms with Crippen molar-refractivity contribution in [2.75, 3.05) is 38.0 Å². The number of amides is 3. The molecule has 1 aromatic rings. The Hall–Kier alpha value is -1.79. The Bertz CT molecular complexity index is 655. The van der Waals surface area contributed by atoms with E-state index in [4.69, 9.17) is 11.6 Å². The SMILES string of the molecule is CCNC(=O)C(C1CCCC1)N1CCN(C(=O)Nc2cccc(Cl)c2)CC1. The number of benzene rings is 1. The zero-order valence-corrected chi connectivity index (χ0v) is 16.7. The molecule has 2 aliphatic rings. The fourth-order valence-electron chi connectivity index (χ4n) is 4.20. The highest BCUT2D eigenvalue weighted by Gasteiger charge is 2.37. The molecule has 0 bridgehead atoms. The highest BCUT2D eigenvalue weighted by Crippen LogP contribution is 2.31. The molecule has 6 nitrogen and oxygen atoms in total. The summed E-state index contributed by atoms with van der Waals surface area (Å²) in [5.74, 6) is 0.574. The first kappa shape index (κ1) is 20.0. The molecule has 1 saturated heterocycles. The maximum absolute atomic E-state index is 12.7. The van der Waals surface area contributed by atoms with Gasteiger partial charge in [-0.05, 0) is 43.9 Å². The Kier molecular flexibility index (Phi) is 6.96. The van der Waals surface area contributed by atoms with Crippen LogP contribution in [0.1, 0.15) is 32.6 Å². The summed E-state index contributed by atoms with van der Waals surface area (Å²) in [7, 11) is 0. The van der Waals surface area contributed by atoms with Gasteiger partial charge in [-0.3, -0.25) is 9.69 Å². The van der Waals surface area contributed by atoms with Gasteiger partial charge in [0.2, 0.25) is 5.91 Å². The summed E-state index contributed by atoms with van der Waals surface area (Å²) in [5.41, 5.74) is 0.695. The zero-order valence-electron chi connectivity index (χ0n) is 15.9. The number of nitrogens with one attached hydrogen (secondary N) is 2. The summed E-state index contributed by atoms with van der Waals surface area (Å²) in [4.78, 5) is 29.3. The van der Waals surface area contributed by atoms with Gasteiger partial charge >= 0.3 is 6.03 Å². The minimum atomic E-state index is -0.118. The quantitative estimate of drug-likeness (QED) is 0.808. The van der Waals surface area contributed by atoms with Gasteiger partial charge in [0, 0.05) is 43.4 Å². The van der Waals surface area contributed by atoms with Gasteiger partial charge in [0.15, 0.2) is 0 Å². The number of rotatable bonds is 5. The summed E-state index contributed by atoms with van der Waals surface area (Å²) >= 11 is 5.98. The Morgan fingerprint density at radius 3 is 2.52 bits per heavy atom. The lowest BCUT2D eigenvalue weighted by Crippen LogP contribution is -2.58. The van der Waals surface area contributed by atoms with Crippen molar-refractivity contribution in [3.05, 3.63) is 29.3 Å². The molecule has 1 aliphatic heterocycles. The molecule has 2 N–H and O–H groups in total. The topological polar surface area (TPSA) is 64.7 Å². The van der Waals surface area contributed by atoms with Crippen LogP contribution in [0.5, 0.6) is 0 Å². The standard InChI is InChI=1S/C20H29ClN4O2/c1-2-22-19(26)18(15-6-3-4-7-15)24-10-12-25(13-11-24)20(27)23-17-9-5-8-16(21)14-17/h5,8-9,14-15,18H,2-4,6-7,10-13H2,1H3,(H,22,26)(H,23,27). The lowest BCUT2D eigenvalue weighted by molar-refractivity contribution is -0.129. The molecule has 1 unspecified atom stereocenters. The van der Waals surface area contributed by atoms with Crippen molar-refractivity contribution in [3.63, 3.8) is 0 Å². The Morgan fingerprint density at radius 1 is 1.19 bits per heavy atom. The zero-order chi connectivity index (χ0) is 19.2. The molecule has 0 spiro atoms. The monoisotopic (exact) mass is 392 g/mol. The van der Waals surface area contributed by atoms with Crippen molar-refractivity contribution in [3.8, 4) is 0 Å². The van der Waals surface area contributed by atoms with Crippen LogP contribution < -0.4 is 10.6 Å². The second kappa shape index (κ2) is 9.42. The molecule has 1 saturated carbocycles. The van der Waals surface area contributed by atoms with Gasteiger partial charge in [-0.1, -0.05) is 30.5 Å². The molecule has 3 amide bonds. The third kappa shape index (κ3) is 5.14. The smallest absolute Gasteiger partial charge is 0.321 e. The first-order valence-electron chi connectivity index (χ1n) is 9.91. The number of anilines is 1. The van der Waals surface area contributed by atoms with Gasteiger partial charge in [0.25, 0.3) is 0 Å². The van der Waals surface area contributed by atoms with E-state index in [2.05, 4.69) is 15.5 Å². The first-order valence-corrected chi connectivity index (χ1v) is 10.3. The third-order valence-corrected chi connectivity index (χ3v) is 5.77. The van der Waals surface area contributed by atoms with E-state index in [1.54, 1.807) is 17.0 Å². The molecule has 1 atom stereocenters. The van der Waals surface area contributed by atoms with Gasteiger partial charge in [0.1, 0.15) is 0 Å². The van der Waals surface area contributed by atoms with Crippen molar-refractivity contribution in [1.29, 1.82) is 0 Å². The molecule has 1 aromatic carbocycles. The molecule has 1 aliphatic carbocycles. The lowest BCUT2D eigenvalue weighted by atomic mass is 9.95. The van der Waals surface area contributed by atoms with Crippen LogP contribution in [0.15, 0.2) is 24.3 Å². The highest BCUT2D eigenvalue weighted by atomic mass is 35.5. The summed E-state index contributed by atoms with van der Waals surface area (Å²) in [5, 5.41) is 6.50. The molecule has 27 heavy (non-hydrogen) atoms. The van der Waals surface area contributed by atoms with Crippen molar-refractivity contribution < 1.29 is 9.59 Å². The first-order chi connectivity index (χ1) is 13.1. The Labute approximate surface area is 166 Å². The number of hydrogen-bond acceptors (Lipinski definition) is 3. The molecule has 0 aromatic heterocycles. The van der Waals surface area contributed by atoms with E-state index < -0.39 is 0 Å². The van der Waals surface area contributed by atoms with Crippen LogP contribution in [-0.2, 0) is 4.79 Å². The van der Waals surface area contributed by atoms with Crippen LogP contribution in [0.2, 0.25) is 5.02 Å². The molecule has 0 radical (unpaired) electrons. The lowest BCUT2D eigenvalue weighted by Gasteiger charge is -2.40. The average molecular weight is 393 g/mol. The number of carbonyl (C=O) groups excluding carboxylic acids is 2. The molecule has 1 heterocycles. The second-order valence-electron chi connectivity index (χ2n) is 7.35. The number of hydrogen-bond donors (Lipinski definition) is 2. The van der Waals surface area contributed by atoms with E-state index >= 15 is 0 Å². The molecule has 3 rings (SSSR count). The number of likely N-dealkylation sites (N-methyl/N-ethyl adjacent to an activating group) is 1. The highest BCUT2D eigenvalue weighted by molar-refractivity contribution is 6.30. The Balaban J connectivity index is 1.57. The van der Waals surface area contributed by atoms with E-state index in [0.717, 1.165) is 25.9 Å². The molecular formula is C20H29ClN4O2. The van der Waals surface area contributed by atoms with Crippen LogP contribution in [0.25, 0.3) is 0 Å². The minimum Gasteiger partial charge on any atom is -0.355 e. The molecule has 148 valence electrons. The van der Waals surface area contributed by atoms with E-state index in [-0.39, 0.29) is 18.0 Å². The van der Waals surface area contributed by atoms with Crippen molar-refractivity contribution in [2.45, 2.75) is 38.6 Å². The minimum absolute atomic E-state index is 0.0643. The number of carbonyl (C=O) groups is 2. The Morgan fingerprint density at radius 2 is 1.89 bits per heavy atom. The van der Waals surface area contributed by atoms with Gasteiger partial charge in [-0.2, -0.15) is 0 Å². The molecular weight excluding hydrogens is 364 g/mol. The van der Waals surface area contributed by atoms with Crippen molar-refractivity contribution >= 4 is 29.2 Å². The summed E-state index contributed by atoms with van der Waals surface area (Å²) in [6.45, 7) is 5.30. The van der Waals surface area contributed by atoms with Gasteiger partial charge in [-0.15, -0.1) is 0 Å². The van der Waals surface area contributed by atoms with Crippen LogP contribution in [-0.4, -0.2) is 60.5 Å². The number of halogens is 1. The van der Waals surface area contributed by atoms with E-state index in [0.29, 0.717) is 36.3 Å². The predicted octanol–water partition coefficient (Wildman–Crippen LogP) is 3.18. The molecule has 7 heteroatoms. The van der Waals surface area contributed by atoms with Gasteiger partial charge < -0.3 is 15.5 Å². The van der Waals surface area contributed by atoms with Crippen LogP contribution in [0, 0.1) is 5.92 Å². The summed E-state index contributed by atoms with van der Waals surface area (Å²) in [6.07, 6.45) is 4.67. The summed E-state index contributed by atoms with van der Waals surface area (Å²) < 4.78 is 0. The average Bonchev–Trinajstić information content (AvgIpc) is 3.17. The largest absolute Gasteiger partial charge is 0.355 e. The maximum atomic E-state index is 12.7. The van der Waals surface area contributed by atoms with E-state index in [1.165, 1.54) is 12.8 Å². The fourth-order valence-corrected chi connectivity index (χ4v) is 4.39. The number of nitrogens with zero attached hydrogens (tertiary/aromatic N) is 2. The normalized spacial score (nSPS) is 19.7. The number of urea groups is 1. The van der Waals surface area contributed by atoms with E-state index in [9.17, 15) is 9.59 Å². The van der Waals surface area contributed by atoms with Crippen molar-refractivity contribution in [2.24, 2.45) is 5.92 Å². The predicted molar refractivity (Wildman–Crippen MR) is 108 cm³/mol. The maximum Gasteiger partial charge on any atom is 0.321 e. The number of piperazine rings is 1. The fraction of sp³-hybridized carbons (Fsp3) is 0.600. The van der Waals surface area contributed by atoms with Crippen LogP contribution in [0.4, 0.5) is 10.5 Å². The van der Waals surface area contributed by atoms with Crippen LogP contribution in [0.3, 0.4) is 0 Å². The third-order valence-electron chi connectivity index (χ3n) is 5.54.